The van der Waals surface area contributed by atoms with Gasteiger partial charge in [0.1, 0.15) is 4.88 Å². The van der Waals surface area contributed by atoms with Crippen LogP contribution in [0.15, 0.2) is 35.7 Å². The van der Waals surface area contributed by atoms with Gasteiger partial charge in [-0.3, -0.25) is 4.79 Å². The van der Waals surface area contributed by atoms with Crippen molar-refractivity contribution in [1.82, 2.24) is 0 Å². The van der Waals surface area contributed by atoms with Crippen LogP contribution in [0, 0.1) is 0 Å². The molecule has 5 nitrogen and oxygen atoms in total. The molecule has 0 aliphatic carbocycles. The highest BCUT2D eigenvalue weighted by Gasteiger charge is 2.17. The molecular formula is C15H17N3O2S. The molecular weight excluding hydrogens is 286 g/mol. The first-order valence-electron chi connectivity index (χ1n) is 6.82. The lowest BCUT2D eigenvalue weighted by Crippen LogP contribution is -2.36. The van der Waals surface area contributed by atoms with E-state index >= 15 is 0 Å². The Morgan fingerprint density at radius 2 is 2.00 bits per heavy atom. The maximum Gasteiger partial charge on any atom is 0.267 e. The number of morpholine rings is 1. The molecule has 1 aromatic heterocycles. The van der Waals surface area contributed by atoms with Crippen LogP contribution in [0.4, 0.5) is 17.1 Å². The van der Waals surface area contributed by atoms with E-state index < -0.39 is 0 Å². The monoisotopic (exact) mass is 303 g/mol. The third-order valence-electron chi connectivity index (χ3n) is 3.41. The van der Waals surface area contributed by atoms with Crippen LogP contribution in [0.3, 0.4) is 0 Å². The van der Waals surface area contributed by atoms with Crippen molar-refractivity contribution >= 4 is 34.3 Å². The topological polar surface area (TPSA) is 67.6 Å². The molecule has 6 heteroatoms. The van der Waals surface area contributed by atoms with Gasteiger partial charge >= 0.3 is 0 Å². The normalized spacial score (nSPS) is 15.0. The molecule has 2 aromatic rings. The number of rotatable bonds is 3. The fourth-order valence-corrected chi connectivity index (χ4v) is 3.06. The first-order valence-corrected chi connectivity index (χ1v) is 7.70. The number of nitrogen functional groups attached to an aromatic ring is 1. The quantitative estimate of drug-likeness (QED) is 0.914. The number of thiophene rings is 1. The fourth-order valence-electron chi connectivity index (χ4n) is 2.34. The molecule has 1 amide bonds. The van der Waals surface area contributed by atoms with Crippen LogP contribution in [0.1, 0.15) is 9.67 Å². The number of benzene rings is 1. The maximum atomic E-state index is 12.3. The first kappa shape index (κ1) is 13.9. The zero-order chi connectivity index (χ0) is 14.7. The lowest BCUT2D eigenvalue weighted by atomic mass is 10.2. The van der Waals surface area contributed by atoms with E-state index in [-0.39, 0.29) is 5.91 Å². The van der Waals surface area contributed by atoms with Crippen molar-refractivity contribution in [2.24, 2.45) is 0 Å². The number of ether oxygens (including phenoxy) is 1. The Labute approximate surface area is 127 Å². The SMILES string of the molecule is Nc1ccsc1C(=O)Nc1ccccc1N1CCOCC1. The average molecular weight is 303 g/mol. The molecule has 0 unspecified atom stereocenters. The van der Waals surface area contributed by atoms with Crippen molar-refractivity contribution in [3.63, 3.8) is 0 Å². The van der Waals surface area contributed by atoms with E-state index in [1.165, 1.54) is 11.3 Å². The Kier molecular flexibility index (Phi) is 4.08. The van der Waals surface area contributed by atoms with Gasteiger partial charge in [-0.05, 0) is 23.6 Å². The smallest absolute Gasteiger partial charge is 0.267 e. The van der Waals surface area contributed by atoms with Crippen molar-refractivity contribution in [3.8, 4) is 0 Å². The Balaban J connectivity index is 1.82. The van der Waals surface area contributed by atoms with Crippen molar-refractivity contribution in [2.75, 3.05) is 42.3 Å². The summed E-state index contributed by atoms with van der Waals surface area (Å²) in [5.41, 5.74) is 8.13. The minimum Gasteiger partial charge on any atom is -0.397 e. The predicted molar refractivity (Wildman–Crippen MR) is 86.2 cm³/mol. The van der Waals surface area contributed by atoms with Gasteiger partial charge in [0.15, 0.2) is 0 Å². The Morgan fingerprint density at radius 3 is 2.71 bits per heavy atom. The summed E-state index contributed by atoms with van der Waals surface area (Å²) in [7, 11) is 0. The van der Waals surface area contributed by atoms with Crippen LogP contribution in [0.5, 0.6) is 0 Å². The number of carbonyl (C=O) groups is 1. The van der Waals surface area contributed by atoms with E-state index in [4.69, 9.17) is 10.5 Å². The van der Waals surface area contributed by atoms with Gasteiger partial charge in [0.25, 0.3) is 5.91 Å². The van der Waals surface area contributed by atoms with Crippen LogP contribution < -0.4 is 16.0 Å². The number of hydrogen-bond acceptors (Lipinski definition) is 5. The highest BCUT2D eigenvalue weighted by molar-refractivity contribution is 7.12. The second-order valence-electron chi connectivity index (χ2n) is 4.78. The highest BCUT2D eigenvalue weighted by atomic mass is 32.1. The molecule has 0 radical (unpaired) electrons. The van der Waals surface area contributed by atoms with Crippen LogP contribution in [0.25, 0.3) is 0 Å². The molecule has 3 N–H and O–H groups in total. The fraction of sp³-hybridized carbons (Fsp3) is 0.267. The first-order chi connectivity index (χ1) is 10.3. The number of anilines is 3. The number of nitrogens with zero attached hydrogens (tertiary/aromatic N) is 1. The minimum atomic E-state index is -0.164. The summed E-state index contributed by atoms with van der Waals surface area (Å²) in [4.78, 5) is 15.1. The van der Waals surface area contributed by atoms with Crippen molar-refractivity contribution in [1.29, 1.82) is 0 Å². The van der Waals surface area contributed by atoms with E-state index in [1.54, 1.807) is 6.07 Å². The number of amides is 1. The van der Waals surface area contributed by atoms with E-state index in [0.717, 1.165) is 24.5 Å². The van der Waals surface area contributed by atoms with Gasteiger partial charge in [0, 0.05) is 13.1 Å². The Morgan fingerprint density at radius 1 is 1.24 bits per heavy atom. The second kappa shape index (κ2) is 6.15. The van der Waals surface area contributed by atoms with E-state index in [0.29, 0.717) is 23.8 Å². The highest BCUT2D eigenvalue weighted by Crippen LogP contribution is 2.28. The molecule has 1 saturated heterocycles. The van der Waals surface area contributed by atoms with Crippen LogP contribution in [-0.4, -0.2) is 32.2 Å². The number of nitrogens with one attached hydrogen (secondary N) is 1. The van der Waals surface area contributed by atoms with Gasteiger partial charge in [-0.1, -0.05) is 12.1 Å². The third-order valence-corrected chi connectivity index (χ3v) is 4.33. The van der Waals surface area contributed by atoms with E-state index in [1.807, 2.05) is 29.6 Å². The maximum absolute atomic E-state index is 12.3. The summed E-state index contributed by atoms with van der Waals surface area (Å²) in [5, 5.41) is 4.78. The largest absolute Gasteiger partial charge is 0.397 e. The van der Waals surface area contributed by atoms with Crippen molar-refractivity contribution < 1.29 is 9.53 Å². The second-order valence-corrected chi connectivity index (χ2v) is 5.69. The molecule has 3 rings (SSSR count). The zero-order valence-corrected chi connectivity index (χ0v) is 12.4. The van der Waals surface area contributed by atoms with Gasteiger partial charge in [0.2, 0.25) is 0 Å². The summed E-state index contributed by atoms with van der Waals surface area (Å²) >= 11 is 1.35. The Hall–Kier alpha value is -2.05. The van der Waals surface area contributed by atoms with Crippen LogP contribution in [-0.2, 0) is 4.74 Å². The number of nitrogens with two attached hydrogens (primary N) is 1. The van der Waals surface area contributed by atoms with Gasteiger partial charge in [0.05, 0.1) is 30.3 Å². The Bertz CT molecular complexity index is 635. The number of para-hydroxylation sites is 2. The molecule has 110 valence electrons. The van der Waals surface area contributed by atoms with Gasteiger partial charge in [-0.25, -0.2) is 0 Å². The molecule has 1 fully saturated rings. The summed E-state index contributed by atoms with van der Waals surface area (Å²) < 4.78 is 5.37. The van der Waals surface area contributed by atoms with Crippen molar-refractivity contribution in [3.05, 3.63) is 40.6 Å². The molecule has 1 aromatic carbocycles. The lowest BCUT2D eigenvalue weighted by Gasteiger charge is -2.30. The van der Waals surface area contributed by atoms with Crippen LogP contribution >= 0.6 is 11.3 Å². The molecule has 2 heterocycles. The average Bonchev–Trinajstić information content (AvgIpc) is 2.95. The van der Waals surface area contributed by atoms with Crippen molar-refractivity contribution in [2.45, 2.75) is 0 Å². The minimum absolute atomic E-state index is 0.164. The lowest BCUT2D eigenvalue weighted by molar-refractivity contribution is 0.103. The predicted octanol–water partition coefficient (Wildman–Crippen LogP) is 2.42. The summed E-state index contributed by atoms with van der Waals surface area (Å²) in [6.07, 6.45) is 0. The molecule has 0 saturated carbocycles. The number of hydrogen-bond donors (Lipinski definition) is 2. The standard InChI is InChI=1S/C15H17N3O2S/c16-11-5-10-21-14(11)15(19)17-12-3-1-2-4-13(12)18-6-8-20-9-7-18/h1-5,10H,6-9,16H2,(H,17,19). The van der Waals surface area contributed by atoms with Gasteiger partial charge in [-0.15, -0.1) is 11.3 Å². The van der Waals surface area contributed by atoms with Crippen LogP contribution in [0.2, 0.25) is 0 Å². The van der Waals surface area contributed by atoms with E-state index in [9.17, 15) is 4.79 Å². The summed E-state index contributed by atoms with van der Waals surface area (Å²) in [5.74, 6) is -0.164. The molecule has 1 aliphatic rings. The van der Waals surface area contributed by atoms with Gasteiger partial charge < -0.3 is 20.7 Å². The third kappa shape index (κ3) is 3.01. The zero-order valence-electron chi connectivity index (χ0n) is 11.5. The molecule has 1 aliphatic heterocycles. The molecule has 0 bridgehead atoms. The summed E-state index contributed by atoms with van der Waals surface area (Å²) in [6, 6.07) is 9.55. The molecule has 0 atom stereocenters. The molecule has 21 heavy (non-hydrogen) atoms. The van der Waals surface area contributed by atoms with E-state index in [2.05, 4.69) is 10.2 Å². The molecule has 0 spiro atoms. The van der Waals surface area contributed by atoms with Gasteiger partial charge in [-0.2, -0.15) is 0 Å². The number of carbonyl (C=O) groups excluding carboxylic acids is 1. The summed E-state index contributed by atoms with van der Waals surface area (Å²) in [6.45, 7) is 3.07.